The van der Waals surface area contributed by atoms with Gasteiger partial charge in [0.05, 0.1) is 10.8 Å². The van der Waals surface area contributed by atoms with Crippen LogP contribution in [0, 0.1) is 3.70 Å². The van der Waals surface area contributed by atoms with E-state index in [2.05, 4.69) is 72.9 Å². The third-order valence-electron chi connectivity index (χ3n) is 6.58. The van der Waals surface area contributed by atoms with E-state index in [9.17, 15) is 4.79 Å². The molecule has 3 aromatic heterocycles. The van der Waals surface area contributed by atoms with Crippen molar-refractivity contribution in [2.24, 2.45) is 0 Å². The van der Waals surface area contributed by atoms with Gasteiger partial charge in [0.15, 0.2) is 5.65 Å². The van der Waals surface area contributed by atoms with Gasteiger partial charge in [0, 0.05) is 25.2 Å². The lowest BCUT2D eigenvalue weighted by Gasteiger charge is -2.27. The predicted octanol–water partition coefficient (Wildman–Crippen LogP) is 4.46. The molecule has 0 saturated heterocycles. The minimum Gasteiger partial charge on any atom is -0.425 e. The van der Waals surface area contributed by atoms with E-state index in [1.165, 1.54) is 17.5 Å². The molecule has 1 aliphatic rings. The summed E-state index contributed by atoms with van der Waals surface area (Å²) < 4.78 is 8.38. The van der Waals surface area contributed by atoms with Gasteiger partial charge in [-0.3, -0.25) is 4.90 Å². The van der Waals surface area contributed by atoms with Crippen molar-refractivity contribution in [2.75, 3.05) is 18.8 Å². The maximum absolute atomic E-state index is 12.9. The highest BCUT2D eigenvalue weighted by Gasteiger charge is 2.23. The normalized spacial score (nSPS) is 14.4. The van der Waals surface area contributed by atoms with Crippen LogP contribution >= 0.6 is 22.6 Å². The third kappa shape index (κ3) is 4.18. The largest absolute Gasteiger partial charge is 0.425 e. The molecular weight excluding hydrogens is 567 g/mol. The van der Waals surface area contributed by atoms with Crippen LogP contribution in [0.3, 0.4) is 0 Å². The van der Waals surface area contributed by atoms with Gasteiger partial charge < -0.3 is 10.2 Å². The molecule has 5 aromatic rings. The molecule has 0 radical (unpaired) electrons. The highest BCUT2D eigenvalue weighted by Crippen LogP contribution is 2.33. The summed E-state index contributed by atoms with van der Waals surface area (Å²) in [6.45, 7) is 2.90. The third-order valence-corrected chi connectivity index (χ3v) is 7.34. The average Bonchev–Trinajstić information content (AvgIpc) is 3.22. The van der Waals surface area contributed by atoms with Gasteiger partial charge >= 0.3 is 5.63 Å². The highest BCUT2D eigenvalue weighted by molar-refractivity contribution is 14.1. The molecule has 0 amide bonds. The lowest BCUT2D eigenvalue weighted by atomic mass is 9.93. The van der Waals surface area contributed by atoms with Crippen molar-refractivity contribution in [1.82, 2.24) is 24.6 Å². The second kappa shape index (κ2) is 9.47. The fourth-order valence-electron chi connectivity index (χ4n) is 4.87. The van der Waals surface area contributed by atoms with E-state index in [1.54, 1.807) is 4.68 Å². The van der Waals surface area contributed by atoms with Crippen LogP contribution < -0.4 is 11.4 Å². The molecule has 0 spiro atoms. The molecule has 0 atom stereocenters. The molecule has 9 heteroatoms. The maximum Gasteiger partial charge on any atom is 0.343 e. The molecular formula is C27H23IN6O2. The number of nitrogens with zero attached hydrogens (tertiary/aromatic N) is 5. The van der Waals surface area contributed by atoms with Crippen molar-refractivity contribution in [3.63, 3.8) is 0 Å². The van der Waals surface area contributed by atoms with Crippen molar-refractivity contribution in [3.05, 3.63) is 98.0 Å². The summed E-state index contributed by atoms with van der Waals surface area (Å²) >= 11 is 2.13. The number of nitrogen functional groups attached to an aromatic ring is 1. The number of anilines is 1. The molecule has 6 rings (SSSR count). The number of hydrogen-bond acceptors (Lipinski definition) is 7. The Kier molecular flexibility index (Phi) is 6.02. The molecule has 0 bridgehead atoms. The van der Waals surface area contributed by atoms with Gasteiger partial charge in [0.25, 0.3) is 0 Å². The van der Waals surface area contributed by atoms with Crippen molar-refractivity contribution < 1.29 is 4.42 Å². The maximum atomic E-state index is 12.9. The lowest BCUT2D eigenvalue weighted by Crippen LogP contribution is -2.28. The van der Waals surface area contributed by atoms with E-state index >= 15 is 0 Å². The smallest absolute Gasteiger partial charge is 0.343 e. The standard InChI is InChI=1S/C27H23IN6O2/c28-24-23-25(29)30-16-31-26(23)34(32-24)15-21-22(19-8-4-5-9-20(19)27(35)36-21)18-10-12-33(13-11-18)14-17-6-2-1-3-7-17/h1-10,16H,11-15H2,(H2,29,30,31). The zero-order valence-corrected chi connectivity index (χ0v) is 21.6. The summed E-state index contributed by atoms with van der Waals surface area (Å²) in [7, 11) is 0. The molecule has 36 heavy (non-hydrogen) atoms. The Morgan fingerprint density at radius 3 is 2.56 bits per heavy atom. The molecule has 0 aliphatic carbocycles. The monoisotopic (exact) mass is 590 g/mol. The van der Waals surface area contributed by atoms with Gasteiger partial charge in [-0.15, -0.1) is 0 Å². The van der Waals surface area contributed by atoms with Crippen LogP contribution in [0.15, 0.2) is 76.2 Å². The molecule has 0 fully saturated rings. The SMILES string of the molecule is Nc1ncnc2c1c(I)nn2Cc1oc(=O)c2ccccc2c1C1=CCN(Cc2ccccc2)CC1. The number of fused-ring (bicyclic) bond motifs is 2. The lowest BCUT2D eigenvalue weighted by molar-refractivity contribution is 0.293. The molecule has 2 N–H and O–H groups in total. The number of rotatable bonds is 5. The van der Waals surface area contributed by atoms with Crippen LogP contribution in [0.25, 0.3) is 27.4 Å². The Morgan fingerprint density at radius 2 is 1.78 bits per heavy atom. The van der Waals surface area contributed by atoms with Crippen LogP contribution in [-0.2, 0) is 13.1 Å². The van der Waals surface area contributed by atoms with Gasteiger partial charge in [-0.2, -0.15) is 5.10 Å². The van der Waals surface area contributed by atoms with Crippen LogP contribution in [0.4, 0.5) is 5.82 Å². The van der Waals surface area contributed by atoms with Crippen molar-refractivity contribution >= 4 is 55.8 Å². The highest BCUT2D eigenvalue weighted by atomic mass is 127. The number of nitrogens with two attached hydrogens (primary N) is 1. The van der Waals surface area contributed by atoms with Crippen LogP contribution in [0.5, 0.6) is 0 Å². The molecule has 180 valence electrons. The Hall–Kier alpha value is -3.57. The molecule has 8 nitrogen and oxygen atoms in total. The summed E-state index contributed by atoms with van der Waals surface area (Å²) in [6.07, 6.45) is 4.53. The minimum atomic E-state index is -0.355. The zero-order chi connectivity index (χ0) is 24.6. The van der Waals surface area contributed by atoms with E-state index in [1.807, 2.05) is 30.3 Å². The van der Waals surface area contributed by atoms with Gasteiger partial charge in [0.2, 0.25) is 0 Å². The second-order valence-electron chi connectivity index (χ2n) is 8.84. The van der Waals surface area contributed by atoms with E-state index < -0.39 is 0 Å². The Labute approximate surface area is 220 Å². The van der Waals surface area contributed by atoms with Gasteiger partial charge in [-0.05, 0) is 51.6 Å². The molecule has 0 saturated carbocycles. The molecule has 4 heterocycles. The fourth-order valence-corrected chi connectivity index (χ4v) is 5.64. The van der Waals surface area contributed by atoms with E-state index in [0.29, 0.717) is 31.7 Å². The van der Waals surface area contributed by atoms with E-state index in [0.717, 1.165) is 37.0 Å². The number of benzene rings is 2. The average molecular weight is 590 g/mol. The van der Waals surface area contributed by atoms with Crippen LogP contribution in [0.2, 0.25) is 0 Å². The van der Waals surface area contributed by atoms with Crippen molar-refractivity contribution in [3.8, 4) is 0 Å². The van der Waals surface area contributed by atoms with Crippen molar-refractivity contribution in [2.45, 2.75) is 19.5 Å². The first-order valence-electron chi connectivity index (χ1n) is 11.7. The van der Waals surface area contributed by atoms with Gasteiger partial charge in [-0.1, -0.05) is 54.6 Å². The van der Waals surface area contributed by atoms with Gasteiger partial charge in [0.1, 0.15) is 28.2 Å². The summed E-state index contributed by atoms with van der Waals surface area (Å²) in [5.74, 6) is 0.948. The van der Waals surface area contributed by atoms with E-state index in [-0.39, 0.29) is 12.2 Å². The summed E-state index contributed by atoms with van der Waals surface area (Å²) in [6, 6.07) is 18.1. The quantitative estimate of drug-likeness (QED) is 0.302. The van der Waals surface area contributed by atoms with Gasteiger partial charge in [-0.25, -0.2) is 19.4 Å². The summed E-state index contributed by atoms with van der Waals surface area (Å²) in [5, 5.41) is 6.81. The first-order valence-corrected chi connectivity index (χ1v) is 12.8. The summed E-state index contributed by atoms with van der Waals surface area (Å²) in [5.41, 5.74) is 9.77. The Morgan fingerprint density at radius 1 is 1.00 bits per heavy atom. The minimum absolute atomic E-state index is 0.260. The number of hydrogen-bond donors (Lipinski definition) is 1. The first kappa shape index (κ1) is 22.9. The van der Waals surface area contributed by atoms with Crippen molar-refractivity contribution in [1.29, 1.82) is 0 Å². The fraction of sp³-hybridized carbons (Fsp3) is 0.185. The number of aromatic nitrogens is 4. The second-order valence-corrected chi connectivity index (χ2v) is 9.86. The predicted molar refractivity (Wildman–Crippen MR) is 148 cm³/mol. The molecule has 0 unspecified atom stereocenters. The Balaban J connectivity index is 1.42. The zero-order valence-electron chi connectivity index (χ0n) is 19.4. The van der Waals surface area contributed by atoms with Crippen LogP contribution in [0.1, 0.15) is 23.3 Å². The summed E-state index contributed by atoms with van der Waals surface area (Å²) in [4.78, 5) is 23.8. The van der Waals surface area contributed by atoms with Crippen LogP contribution in [-0.4, -0.2) is 37.7 Å². The van der Waals surface area contributed by atoms with E-state index in [4.69, 9.17) is 10.2 Å². The molecule has 2 aromatic carbocycles. The first-order chi connectivity index (χ1) is 17.6. The number of halogens is 1. The topological polar surface area (TPSA) is 103 Å². The molecule has 1 aliphatic heterocycles. The Bertz CT molecular complexity index is 1680.